The lowest BCUT2D eigenvalue weighted by Gasteiger charge is -2.24. The number of hydrogen-bond acceptors (Lipinski definition) is 3. The fourth-order valence-electron chi connectivity index (χ4n) is 2.17. The van der Waals surface area contributed by atoms with Crippen molar-refractivity contribution < 1.29 is 9.13 Å². The van der Waals surface area contributed by atoms with Crippen molar-refractivity contribution in [3.63, 3.8) is 0 Å². The second kappa shape index (κ2) is 5.74. The van der Waals surface area contributed by atoms with E-state index >= 15 is 0 Å². The fraction of sp³-hybridized carbons (Fsp3) is 0.188. The van der Waals surface area contributed by atoms with Crippen LogP contribution >= 0.6 is 0 Å². The molecule has 0 fully saturated rings. The number of aliphatic imine (C=N–C) groups is 1. The quantitative estimate of drug-likeness (QED) is 0.850. The van der Waals surface area contributed by atoms with E-state index < -0.39 is 0 Å². The third-order valence-electron chi connectivity index (χ3n) is 3.18. The smallest absolute Gasteiger partial charge is 0.149 e. The Hall–Kier alpha value is -2.36. The lowest BCUT2D eigenvalue weighted by molar-refractivity contribution is 0.267. The first kappa shape index (κ1) is 12.7. The number of para-hydroxylation sites is 2. The highest BCUT2D eigenvalue weighted by atomic mass is 19.1. The van der Waals surface area contributed by atoms with Crippen LogP contribution in [0.4, 0.5) is 10.1 Å². The van der Waals surface area contributed by atoms with Crippen LogP contribution in [0.3, 0.4) is 0 Å². The minimum Gasteiger partial charge on any atom is -0.492 e. The minimum absolute atomic E-state index is 0.265. The number of rotatable bonds is 4. The van der Waals surface area contributed by atoms with Crippen molar-refractivity contribution in [2.45, 2.75) is 6.54 Å². The van der Waals surface area contributed by atoms with Crippen molar-refractivity contribution in [3.8, 4) is 5.75 Å². The summed E-state index contributed by atoms with van der Waals surface area (Å²) in [7, 11) is 0. The van der Waals surface area contributed by atoms with Gasteiger partial charge in [0.05, 0.1) is 12.9 Å². The van der Waals surface area contributed by atoms with E-state index in [-0.39, 0.29) is 5.82 Å². The Balaban J connectivity index is 1.56. The number of benzene rings is 2. The lowest BCUT2D eigenvalue weighted by Crippen LogP contribution is -2.28. The summed E-state index contributed by atoms with van der Waals surface area (Å²) in [6.45, 7) is 1.95. The SMILES string of the molecule is Fc1cccc2c1N=CN(CCOc1ccccc1)C2. The summed E-state index contributed by atoms with van der Waals surface area (Å²) < 4.78 is 19.2. The predicted molar refractivity (Wildman–Crippen MR) is 76.9 cm³/mol. The second-order valence-corrected chi connectivity index (χ2v) is 4.62. The van der Waals surface area contributed by atoms with Crippen molar-refractivity contribution >= 4 is 12.0 Å². The van der Waals surface area contributed by atoms with Gasteiger partial charge in [-0.3, -0.25) is 0 Å². The van der Waals surface area contributed by atoms with Crippen molar-refractivity contribution in [3.05, 3.63) is 59.9 Å². The third-order valence-corrected chi connectivity index (χ3v) is 3.18. The van der Waals surface area contributed by atoms with Crippen molar-refractivity contribution in [2.75, 3.05) is 13.2 Å². The van der Waals surface area contributed by atoms with Crippen LogP contribution in [0.15, 0.2) is 53.5 Å². The molecule has 1 aliphatic rings. The van der Waals surface area contributed by atoms with Crippen LogP contribution in [0.25, 0.3) is 0 Å². The summed E-state index contributed by atoms with van der Waals surface area (Å²) in [6, 6.07) is 14.7. The van der Waals surface area contributed by atoms with Gasteiger partial charge in [0.2, 0.25) is 0 Å². The highest BCUT2D eigenvalue weighted by Crippen LogP contribution is 2.26. The van der Waals surface area contributed by atoms with Crippen LogP contribution in [0.2, 0.25) is 0 Å². The van der Waals surface area contributed by atoms with Crippen molar-refractivity contribution in [1.82, 2.24) is 4.90 Å². The Morgan fingerprint density at radius 1 is 1.10 bits per heavy atom. The largest absolute Gasteiger partial charge is 0.492 e. The standard InChI is InChI=1S/C16H15FN2O/c17-15-8-4-5-13-11-19(12-18-16(13)15)9-10-20-14-6-2-1-3-7-14/h1-8,12H,9-11H2. The van der Waals surface area contributed by atoms with E-state index in [2.05, 4.69) is 4.99 Å². The maximum Gasteiger partial charge on any atom is 0.149 e. The average molecular weight is 270 g/mol. The van der Waals surface area contributed by atoms with Crippen molar-refractivity contribution in [2.24, 2.45) is 4.99 Å². The zero-order valence-electron chi connectivity index (χ0n) is 11.0. The van der Waals surface area contributed by atoms with Crippen LogP contribution in [0.5, 0.6) is 5.75 Å². The number of nitrogens with zero attached hydrogens (tertiary/aromatic N) is 2. The molecule has 4 heteroatoms. The monoisotopic (exact) mass is 270 g/mol. The molecule has 0 amide bonds. The molecule has 0 saturated heterocycles. The van der Waals surface area contributed by atoms with Gasteiger partial charge in [0.15, 0.2) is 0 Å². The number of halogens is 1. The summed E-state index contributed by atoms with van der Waals surface area (Å²) in [6.07, 6.45) is 1.68. The van der Waals surface area contributed by atoms with Crippen LogP contribution in [-0.2, 0) is 6.54 Å². The molecule has 2 aromatic carbocycles. The summed E-state index contributed by atoms with van der Waals surface area (Å²) in [5.74, 6) is 0.590. The molecule has 0 atom stereocenters. The molecule has 102 valence electrons. The molecule has 0 N–H and O–H groups in total. The van der Waals surface area contributed by atoms with Crippen molar-refractivity contribution in [1.29, 1.82) is 0 Å². The first-order valence-electron chi connectivity index (χ1n) is 6.56. The average Bonchev–Trinajstić information content (AvgIpc) is 2.48. The van der Waals surface area contributed by atoms with E-state index in [9.17, 15) is 4.39 Å². The van der Waals surface area contributed by atoms with Gasteiger partial charge in [0.1, 0.15) is 23.9 Å². The van der Waals surface area contributed by atoms with E-state index in [0.29, 0.717) is 25.4 Å². The summed E-state index contributed by atoms with van der Waals surface area (Å²) in [5, 5.41) is 0. The summed E-state index contributed by atoms with van der Waals surface area (Å²) in [5.41, 5.74) is 1.36. The lowest BCUT2D eigenvalue weighted by atomic mass is 10.1. The number of hydrogen-bond donors (Lipinski definition) is 0. The normalized spacial score (nSPS) is 13.2. The number of ether oxygens (including phenoxy) is 1. The van der Waals surface area contributed by atoms with E-state index in [1.807, 2.05) is 41.3 Å². The van der Waals surface area contributed by atoms with Gasteiger partial charge in [-0.15, -0.1) is 0 Å². The van der Waals surface area contributed by atoms with Crippen LogP contribution in [0.1, 0.15) is 5.56 Å². The Kier molecular flexibility index (Phi) is 3.63. The van der Waals surface area contributed by atoms with Gasteiger partial charge in [-0.05, 0) is 18.2 Å². The molecule has 1 aliphatic heterocycles. The van der Waals surface area contributed by atoms with Gasteiger partial charge in [0.25, 0.3) is 0 Å². The molecule has 0 aromatic heterocycles. The van der Waals surface area contributed by atoms with Crippen LogP contribution < -0.4 is 4.74 Å². The second-order valence-electron chi connectivity index (χ2n) is 4.62. The molecule has 0 saturated carbocycles. The molecule has 0 radical (unpaired) electrons. The van der Waals surface area contributed by atoms with Crippen LogP contribution in [0, 0.1) is 5.82 Å². The molecule has 0 spiro atoms. The van der Waals surface area contributed by atoms with Gasteiger partial charge >= 0.3 is 0 Å². The van der Waals surface area contributed by atoms with E-state index in [0.717, 1.165) is 11.3 Å². The summed E-state index contributed by atoms with van der Waals surface area (Å²) in [4.78, 5) is 6.19. The Morgan fingerprint density at radius 2 is 1.95 bits per heavy atom. The maximum absolute atomic E-state index is 13.5. The Morgan fingerprint density at radius 3 is 2.80 bits per heavy atom. The predicted octanol–water partition coefficient (Wildman–Crippen LogP) is 3.38. The van der Waals surface area contributed by atoms with Gasteiger partial charge in [0, 0.05) is 12.1 Å². The molecule has 0 unspecified atom stereocenters. The highest BCUT2D eigenvalue weighted by Gasteiger charge is 2.14. The van der Waals surface area contributed by atoms with Gasteiger partial charge in [-0.25, -0.2) is 9.38 Å². The fourth-order valence-corrected chi connectivity index (χ4v) is 2.17. The molecule has 1 heterocycles. The third kappa shape index (κ3) is 2.79. The molecule has 2 aromatic rings. The van der Waals surface area contributed by atoms with E-state index in [4.69, 9.17) is 4.74 Å². The highest BCUT2D eigenvalue weighted by molar-refractivity contribution is 5.67. The minimum atomic E-state index is -0.265. The molecule has 20 heavy (non-hydrogen) atoms. The molecule has 3 rings (SSSR count). The zero-order valence-corrected chi connectivity index (χ0v) is 11.0. The first-order chi connectivity index (χ1) is 9.83. The Labute approximate surface area is 117 Å². The molecule has 0 aliphatic carbocycles. The van der Waals surface area contributed by atoms with Gasteiger partial charge in [-0.2, -0.15) is 0 Å². The van der Waals surface area contributed by atoms with Gasteiger partial charge in [-0.1, -0.05) is 30.3 Å². The zero-order chi connectivity index (χ0) is 13.8. The molecule has 3 nitrogen and oxygen atoms in total. The first-order valence-corrected chi connectivity index (χ1v) is 6.56. The maximum atomic E-state index is 13.5. The van der Waals surface area contributed by atoms with E-state index in [1.165, 1.54) is 6.07 Å². The van der Waals surface area contributed by atoms with E-state index in [1.54, 1.807) is 12.4 Å². The van der Waals surface area contributed by atoms with Gasteiger partial charge < -0.3 is 9.64 Å². The molecular weight excluding hydrogens is 255 g/mol. The topological polar surface area (TPSA) is 24.8 Å². The van der Waals surface area contributed by atoms with Crippen LogP contribution in [-0.4, -0.2) is 24.4 Å². The Bertz CT molecular complexity index is 613. The number of fused-ring (bicyclic) bond motifs is 1. The molecule has 0 bridgehead atoms. The summed E-state index contributed by atoms with van der Waals surface area (Å²) >= 11 is 0. The molecular formula is C16H15FN2O.